The van der Waals surface area contributed by atoms with Gasteiger partial charge in [0, 0.05) is 20.1 Å². The molecule has 22 heavy (non-hydrogen) atoms. The lowest BCUT2D eigenvalue weighted by atomic mass is 10.3. The summed E-state index contributed by atoms with van der Waals surface area (Å²) >= 11 is 1.08. The van der Waals surface area contributed by atoms with Gasteiger partial charge in [-0.25, -0.2) is 8.42 Å². The number of amides is 1. The van der Waals surface area contributed by atoms with E-state index in [0.717, 1.165) is 15.6 Å². The summed E-state index contributed by atoms with van der Waals surface area (Å²) in [5.74, 6) is -0.423. The first-order valence-electron chi connectivity index (χ1n) is 6.45. The van der Waals surface area contributed by atoms with Crippen LogP contribution in [0, 0.1) is 22.7 Å². The third-order valence-corrected chi connectivity index (χ3v) is 6.03. The number of hydrogen-bond donors (Lipinski definition) is 0. The van der Waals surface area contributed by atoms with Crippen molar-refractivity contribution in [1.82, 2.24) is 9.21 Å². The second-order valence-electron chi connectivity index (χ2n) is 4.39. The molecule has 0 atom stereocenters. The minimum Gasteiger partial charge on any atom is -0.339 e. The molecular weight excluding hydrogens is 324 g/mol. The van der Waals surface area contributed by atoms with Gasteiger partial charge in [0.15, 0.2) is 0 Å². The molecule has 1 aromatic rings. The Bertz CT molecular complexity index is 653. The number of hydrogen-bond acceptors (Lipinski definition) is 6. The number of likely N-dealkylation sites (N-methyl/N-ethyl adjacent to an activating group) is 1. The Labute approximate surface area is 134 Å². The van der Waals surface area contributed by atoms with Crippen molar-refractivity contribution in [2.24, 2.45) is 0 Å². The van der Waals surface area contributed by atoms with E-state index in [0.29, 0.717) is 0 Å². The summed E-state index contributed by atoms with van der Waals surface area (Å²) in [5.41, 5.74) is 0. The number of carbonyl (C=O) groups is 1. The number of sulfonamides is 1. The van der Waals surface area contributed by atoms with Gasteiger partial charge >= 0.3 is 0 Å². The topological polar surface area (TPSA) is 105 Å². The fraction of sp³-hybridized carbons (Fsp3) is 0.462. The van der Waals surface area contributed by atoms with Crippen molar-refractivity contribution in [3.63, 3.8) is 0 Å². The molecule has 1 amide bonds. The number of carbonyl (C=O) groups excluding carboxylic acids is 1. The van der Waals surface area contributed by atoms with Crippen LogP contribution in [0.4, 0.5) is 0 Å². The molecule has 0 aromatic carbocycles. The Morgan fingerprint density at radius 2 is 1.86 bits per heavy atom. The molecule has 0 fully saturated rings. The summed E-state index contributed by atoms with van der Waals surface area (Å²) in [6.45, 7) is 0.0465. The van der Waals surface area contributed by atoms with Crippen molar-refractivity contribution in [3.8, 4) is 12.1 Å². The van der Waals surface area contributed by atoms with Crippen LogP contribution >= 0.6 is 11.3 Å². The second-order valence-corrected chi connectivity index (χ2v) is 7.61. The highest BCUT2D eigenvalue weighted by Gasteiger charge is 2.25. The Morgan fingerprint density at radius 1 is 1.27 bits per heavy atom. The van der Waals surface area contributed by atoms with Crippen LogP contribution in [-0.2, 0) is 14.8 Å². The zero-order valence-corrected chi connectivity index (χ0v) is 13.7. The van der Waals surface area contributed by atoms with Crippen LogP contribution in [0.3, 0.4) is 0 Å². The van der Waals surface area contributed by atoms with Crippen molar-refractivity contribution in [3.05, 3.63) is 17.5 Å². The van der Waals surface area contributed by atoms with E-state index in [4.69, 9.17) is 10.5 Å². The lowest BCUT2D eigenvalue weighted by molar-refractivity contribution is -0.131. The summed E-state index contributed by atoms with van der Waals surface area (Å²) in [7, 11) is -2.36. The van der Waals surface area contributed by atoms with E-state index in [9.17, 15) is 13.2 Å². The van der Waals surface area contributed by atoms with Gasteiger partial charge in [0.25, 0.3) is 10.0 Å². The van der Waals surface area contributed by atoms with Gasteiger partial charge in [-0.15, -0.1) is 11.3 Å². The van der Waals surface area contributed by atoms with Gasteiger partial charge in [-0.3, -0.25) is 4.79 Å². The molecule has 0 spiro atoms. The normalized spacial score (nSPS) is 10.9. The lowest BCUT2D eigenvalue weighted by Gasteiger charge is -2.23. The van der Waals surface area contributed by atoms with Gasteiger partial charge < -0.3 is 4.90 Å². The highest BCUT2D eigenvalue weighted by molar-refractivity contribution is 7.91. The zero-order valence-electron chi connectivity index (χ0n) is 12.1. The molecule has 0 aliphatic rings. The second kappa shape index (κ2) is 8.49. The first-order valence-corrected chi connectivity index (χ1v) is 8.77. The van der Waals surface area contributed by atoms with Gasteiger partial charge in [-0.05, 0) is 11.4 Å². The number of rotatable bonds is 8. The van der Waals surface area contributed by atoms with Crippen molar-refractivity contribution in [2.45, 2.75) is 17.1 Å². The maximum atomic E-state index is 12.2. The molecule has 0 unspecified atom stereocenters. The minimum atomic E-state index is -3.69. The quantitative estimate of drug-likeness (QED) is 0.702. The zero-order chi connectivity index (χ0) is 16.6. The van der Waals surface area contributed by atoms with E-state index < -0.39 is 15.9 Å². The number of nitrogens with zero attached hydrogens (tertiary/aromatic N) is 4. The maximum Gasteiger partial charge on any atom is 0.252 e. The van der Waals surface area contributed by atoms with Crippen LogP contribution in [0.5, 0.6) is 0 Å². The largest absolute Gasteiger partial charge is 0.339 e. The molecule has 0 bridgehead atoms. The Kier molecular flexibility index (Phi) is 6.99. The first-order chi connectivity index (χ1) is 10.4. The average molecular weight is 340 g/mol. The van der Waals surface area contributed by atoms with Crippen molar-refractivity contribution >= 4 is 27.3 Å². The molecular formula is C13H16N4O3S2. The van der Waals surface area contributed by atoms with E-state index >= 15 is 0 Å². The van der Waals surface area contributed by atoms with E-state index in [1.807, 2.05) is 12.1 Å². The van der Waals surface area contributed by atoms with E-state index in [1.54, 1.807) is 11.4 Å². The summed E-state index contributed by atoms with van der Waals surface area (Å²) in [6, 6.07) is 6.96. The molecule has 0 aliphatic carbocycles. The smallest absolute Gasteiger partial charge is 0.252 e. The fourth-order valence-corrected chi connectivity index (χ4v) is 3.99. The van der Waals surface area contributed by atoms with Gasteiger partial charge in [0.05, 0.1) is 31.5 Å². The predicted molar refractivity (Wildman–Crippen MR) is 81.2 cm³/mol. The lowest BCUT2D eigenvalue weighted by Crippen LogP contribution is -2.41. The third kappa shape index (κ3) is 4.81. The molecule has 0 saturated heterocycles. The molecule has 0 aliphatic heterocycles. The van der Waals surface area contributed by atoms with Crippen LogP contribution in [0.25, 0.3) is 0 Å². The van der Waals surface area contributed by atoms with Gasteiger partial charge in [-0.1, -0.05) is 6.07 Å². The third-order valence-electron chi connectivity index (χ3n) is 2.86. The molecule has 118 valence electrons. The maximum absolute atomic E-state index is 12.2. The standard InChI is InChI=1S/C13H16N4O3S2/c1-16(22(19,20)13-5-2-10-21-13)11-12(18)17(8-3-6-14)9-4-7-15/h2,5,10H,3-4,8-9,11H2,1H3. The monoisotopic (exact) mass is 340 g/mol. The van der Waals surface area contributed by atoms with Crippen LogP contribution < -0.4 is 0 Å². The molecule has 0 saturated carbocycles. The van der Waals surface area contributed by atoms with E-state index in [2.05, 4.69) is 0 Å². The first kappa shape index (κ1) is 18.1. The summed E-state index contributed by atoms with van der Waals surface area (Å²) in [6.07, 6.45) is 0.275. The van der Waals surface area contributed by atoms with E-state index in [-0.39, 0.29) is 36.7 Å². The van der Waals surface area contributed by atoms with Crippen molar-refractivity contribution in [2.75, 3.05) is 26.7 Å². The van der Waals surface area contributed by atoms with Crippen LogP contribution in [0.1, 0.15) is 12.8 Å². The highest BCUT2D eigenvalue weighted by Crippen LogP contribution is 2.19. The highest BCUT2D eigenvalue weighted by atomic mass is 32.2. The van der Waals surface area contributed by atoms with Crippen molar-refractivity contribution < 1.29 is 13.2 Å². The van der Waals surface area contributed by atoms with Gasteiger partial charge in [0.1, 0.15) is 4.21 Å². The molecule has 1 rings (SSSR count). The summed E-state index contributed by atoms with van der Waals surface area (Å²) in [4.78, 5) is 13.5. The van der Waals surface area contributed by atoms with Crippen LogP contribution in [0.15, 0.2) is 21.7 Å². The Hall–Kier alpha value is -1.94. The van der Waals surface area contributed by atoms with Crippen LogP contribution in [-0.4, -0.2) is 50.2 Å². The van der Waals surface area contributed by atoms with Crippen LogP contribution in [0.2, 0.25) is 0 Å². The molecule has 0 N–H and O–H groups in total. The Balaban J connectivity index is 2.76. The molecule has 1 heterocycles. The van der Waals surface area contributed by atoms with Crippen molar-refractivity contribution in [1.29, 1.82) is 10.5 Å². The minimum absolute atomic E-state index is 0.137. The predicted octanol–water partition coefficient (Wildman–Crippen LogP) is 1.02. The molecule has 9 heteroatoms. The fourth-order valence-electron chi connectivity index (χ4n) is 1.67. The average Bonchev–Trinajstić information content (AvgIpc) is 3.02. The molecule has 1 aromatic heterocycles. The molecule has 0 radical (unpaired) electrons. The van der Waals surface area contributed by atoms with Gasteiger partial charge in [-0.2, -0.15) is 14.8 Å². The van der Waals surface area contributed by atoms with E-state index in [1.165, 1.54) is 18.0 Å². The van der Waals surface area contributed by atoms with Gasteiger partial charge in [0.2, 0.25) is 5.91 Å². The molecule has 7 nitrogen and oxygen atoms in total. The number of thiophene rings is 1. The number of nitriles is 2. The SMILES string of the molecule is CN(CC(=O)N(CCC#N)CCC#N)S(=O)(=O)c1cccs1. The summed E-state index contributed by atoms with van der Waals surface area (Å²) < 4.78 is 25.6. The summed E-state index contributed by atoms with van der Waals surface area (Å²) in [5, 5.41) is 18.8. The Morgan fingerprint density at radius 3 is 2.32 bits per heavy atom.